The van der Waals surface area contributed by atoms with Crippen molar-refractivity contribution in [2.75, 3.05) is 25.0 Å². The zero-order valence-corrected chi connectivity index (χ0v) is 13.5. The minimum Gasteiger partial charge on any atom is -0.370 e. The molecule has 0 aromatic heterocycles. The second-order valence-corrected chi connectivity index (χ2v) is 7.49. The van der Waals surface area contributed by atoms with Crippen LogP contribution in [0.2, 0.25) is 0 Å². The smallest absolute Gasteiger partial charge is 0.370 e. The Morgan fingerprint density at radius 2 is 1.86 bits per heavy atom. The number of hydrogen-bond donors (Lipinski definition) is 1. The molecule has 2 aliphatic rings. The Hall–Kier alpha value is -1.23. The van der Waals surface area contributed by atoms with Crippen molar-refractivity contribution in [3.63, 3.8) is 0 Å². The third-order valence-corrected chi connectivity index (χ3v) is 5.01. The largest absolute Gasteiger partial charge is 0.418 e. The van der Waals surface area contributed by atoms with Crippen LogP contribution in [0.25, 0.3) is 0 Å². The number of piperidine rings is 1. The fraction of sp³-hybridized carbons (Fsp3) is 0.647. The van der Waals surface area contributed by atoms with E-state index in [1.165, 1.54) is 6.07 Å². The Morgan fingerprint density at radius 1 is 1.18 bits per heavy atom. The maximum Gasteiger partial charge on any atom is 0.418 e. The molecule has 22 heavy (non-hydrogen) atoms. The molecule has 1 fully saturated rings. The van der Waals surface area contributed by atoms with Gasteiger partial charge in [0.25, 0.3) is 0 Å². The number of likely N-dealkylation sites (N-methyl/N-ethyl adjacent to an activating group) is 1. The van der Waals surface area contributed by atoms with Crippen LogP contribution >= 0.6 is 0 Å². The van der Waals surface area contributed by atoms with Gasteiger partial charge in [-0.05, 0) is 35.6 Å². The number of anilines is 1. The van der Waals surface area contributed by atoms with Crippen molar-refractivity contribution >= 4 is 5.69 Å². The fourth-order valence-corrected chi connectivity index (χ4v) is 3.77. The number of nitrogens with one attached hydrogen (secondary N) is 1. The van der Waals surface area contributed by atoms with Gasteiger partial charge in [0.15, 0.2) is 0 Å². The first-order valence-corrected chi connectivity index (χ1v) is 7.80. The van der Waals surface area contributed by atoms with E-state index in [2.05, 4.69) is 5.32 Å². The summed E-state index contributed by atoms with van der Waals surface area (Å²) in [5.74, 6) is 0.150. The Labute approximate surface area is 129 Å². The number of fused-ring (bicyclic) bond motifs is 3. The number of halogens is 3. The number of benzene rings is 1. The lowest BCUT2D eigenvalue weighted by Gasteiger charge is -2.31. The van der Waals surface area contributed by atoms with Crippen LogP contribution in [0.3, 0.4) is 0 Å². The van der Waals surface area contributed by atoms with E-state index in [1.807, 2.05) is 31.7 Å². The van der Waals surface area contributed by atoms with Gasteiger partial charge in [-0.25, -0.2) is 0 Å². The summed E-state index contributed by atoms with van der Waals surface area (Å²) in [6, 6.07) is 3.52. The molecule has 0 unspecified atom stereocenters. The van der Waals surface area contributed by atoms with E-state index in [0.29, 0.717) is 5.69 Å². The highest BCUT2D eigenvalue weighted by Crippen LogP contribution is 2.50. The molecule has 0 radical (unpaired) electrons. The van der Waals surface area contributed by atoms with Crippen molar-refractivity contribution in [1.29, 1.82) is 0 Å². The minimum absolute atomic E-state index is 0.150. The molecule has 122 valence electrons. The summed E-state index contributed by atoms with van der Waals surface area (Å²) in [4.78, 5) is 1.86. The third-order valence-electron chi connectivity index (χ3n) is 5.01. The van der Waals surface area contributed by atoms with Crippen molar-refractivity contribution in [3.05, 3.63) is 28.8 Å². The molecule has 2 heterocycles. The van der Waals surface area contributed by atoms with Crippen LogP contribution in [-0.4, -0.2) is 26.2 Å². The maximum atomic E-state index is 13.6. The molecule has 0 aliphatic carbocycles. The summed E-state index contributed by atoms with van der Waals surface area (Å²) in [5.41, 5.74) is 1.23. The van der Waals surface area contributed by atoms with Gasteiger partial charge in [0.05, 0.1) is 11.3 Å². The topological polar surface area (TPSA) is 15.3 Å². The molecule has 0 saturated carbocycles. The van der Waals surface area contributed by atoms with Crippen LogP contribution in [0.15, 0.2) is 12.1 Å². The molecule has 1 aromatic rings. The van der Waals surface area contributed by atoms with Crippen molar-refractivity contribution in [1.82, 2.24) is 5.32 Å². The lowest BCUT2D eigenvalue weighted by atomic mass is 9.82. The summed E-state index contributed by atoms with van der Waals surface area (Å²) < 4.78 is 40.9. The molecule has 0 spiro atoms. The number of nitrogens with zero attached hydrogens (tertiary/aromatic N) is 1. The second kappa shape index (κ2) is 4.88. The summed E-state index contributed by atoms with van der Waals surface area (Å²) >= 11 is 0. The van der Waals surface area contributed by atoms with Gasteiger partial charge in [0.2, 0.25) is 0 Å². The highest BCUT2D eigenvalue weighted by Gasteiger charge is 2.45. The van der Waals surface area contributed by atoms with Crippen molar-refractivity contribution in [2.45, 2.75) is 50.7 Å². The maximum absolute atomic E-state index is 13.6. The normalized spacial score (nSPS) is 25.1. The molecule has 3 rings (SSSR count). The van der Waals surface area contributed by atoms with Gasteiger partial charge in [-0.1, -0.05) is 26.8 Å². The van der Waals surface area contributed by atoms with Gasteiger partial charge in [-0.3, -0.25) is 0 Å². The van der Waals surface area contributed by atoms with Gasteiger partial charge >= 0.3 is 6.18 Å². The van der Waals surface area contributed by atoms with Gasteiger partial charge in [-0.2, -0.15) is 13.2 Å². The van der Waals surface area contributed by atoms with E-state index in [9.17, 15) is 13.2 Å². The molecule has 1 saturated heterocycles. The average molecular weight is 312 g/mol. The molecule has 2 nitrogen and oxygen atoms in total. The van der Waals surface area contributed by atoms with E-state index in [1.54, 1.807) is 7.05 Å². The van der Waals surface area contributed by atoms with Crippen molar-refractivity contribution in [3.8, 4) is 0 Å². The molecular formula is C17H23F3N2. The van der Waals surface area contributed by atoms with Gasteiger partial charge in [-0.15, -0.1) is 0 Å². The van der Waals surface area contributed by atoms with Gasteiger partial charge in [0.1, 0.15) is 0 Å². The van der Waals surface area contributed by atoms with Crippen LogP contribution in [0, 0.1) is 0 Å². The van der Waals surface area contributed by atoms with Crippen LogP contribution in [0.1, 0.15) is 49.8 Å². The molecule has 5 heteroatoms. The summed E-state index contributed by atoms with van der Waals surface area (Å²) in [7, 11) is 1.81. The standard InChI is InChI=1S/C17H23F3N2/c1-16(2,3)10-7-11-12-9-21-6-5-14(12)22(4)15(11)13(8-10)17(18,19)20/h7-8,12,14,21H,5-6,9H2,1-4H3/t12-,14-/m0/s1. The van der Waals surface area contributed by atoms with E-state index in [-0.39, 0.29) is 17.4 Å². The summed E-state index contributed by atoms with van der Waals surface area (Å²) in [5, 5.41) is 3.33. The van der Waals surface area contributed by atoms with Crippen LogP contribution in [-0.2, 0) is 11.6 Å². The molecule has 0 amide bonds. The minimum atomic E-state index is -4.32. The highest BCUT2D eigenvalue weighted by molar-refractivity contribution is 5.69. The van der Waals surface area contributed by atoms with Gasteiger partial charge < -0.3 is 10.2 Å². The quantitative estimate of drug-likeness (QED) is 0.781. The number of alkyl halides is 3. The van der Waals surface area contributed by atoms with Gasteiger partial charge in [0, 0.05) is 25.6 Å². The highest BCUT2D eigenvalue weighted by atomic mass is 19.4. The summed E-state index contributed by atoms with van der Waals surface area (Å²) in [6.45, 7) is 7.51. The molecule has 2 aliphatic heterocycles. The monoisotopic (exact) mass is 312 g/mol. The number of hydrogen-bond acceptors (Lipinski definition) is 2. The Morgan fingerprint density at radius 3 is 2.45 bits per heavy atom. The van der Waals surface area contributed by atoms with E-state index in [4.69, 9.17) is 0 Å². The third kappa shape index (κ3) is 2.39. The van der Waals surface area contributed by atoms with Crippen LogP contribution in [0.4, 0.5) is 18.9 Å². The predicted molar refractivity (Wildman–Crippen MR) is 82.6 cm³/mol. The molecule has 2 atom stereocenters. The zero-order chi connectivity index (χ0) is 16.3. The van der Waals surface area contributed by atoms with E-state index in [0.717, 1.165) is 30.6 Å². The van der Waals surface area contributed by atoms with E-state index >= 15 is 0 Å². The summed E-state index contributed by atoms with van der Waals surface area (Å²) in [6.07, 6.45) is -3.43. The lowest BCUT2D eigenvalue weighted by Crippen LogP contribution is -2.42. The second-order valence-electron chi connectivity index (χ2n) is 7.49. The zero-order valence-electron chi connectivity index (χ0n) is 13.5. The Kier molecular flexibility index (Phi) is 3.47. The predicted octanol–water partition coefficient (Wildman–Crippen LogP) is 3.90. The van der Waals surface area contributed by atoms with Crippen LogP contribution < -0.4 is 10.2 Å². The Bertz CT molecular complexity index is 587. The fourth-order valence-electron chi connectivity index (χ4n) is 3.77. The van der Waals surface area contributed by atoms with Crippen molar-refractivity contribution < 1.29 is 13.2 Å². The average Bonchev–Trinajstić information content (AvgIpc) is 2.70. The SMILES string of the molecule is CN1c2c(cc(C(C)(C)C)cc2C(F)(F)F)[C@@H]2CNCC[C@@H]21. The van der Waals surface area contributed by atoms with Crippen molar-refractivity contribution in [2.24, 2.45) is 0 Å². The molecule has 0 bridgehead atoms. The van der Waals surface area contributed by atoms with Crippen LogP contribution in [0.5, 0.6) is 0 Å². The van der Waals surface area contributed by atoms with E-state index < -0.39 is 11.7 Å². The first-order valence-electron chi connectivity index (χ1n) is 7.80. The lowest BCUT2D eigenvalue weighted by molar-refractivity contribution is -0.137. The molecule has 1 aromatic carbocycles. The first-order chi connectivity index (χ1) is 10.1. The Balaban J connectivity index is 2.23. The first kappa shape index (κ1) is 15.7. The number of rotatable bonds is 0. The molecular weight excluding hydrogens is 289 g/mol. The molecule has 1 N–H and O–H groups in total.